The molecule has 0 aliphatic rings. The number of halogens is 1. The molecule has 8 nitrogen and oxygen atoms in total. The monoisotopic (exact) mass is 461 g/mol. The molecular formula is C21H24ClN5O3S. The van der Waals surface area contributed by atoms with Crippen molar-refractivity contribution in [3.63, 3.8) is 0 Å². The first-order chi connectivity index (χ1) is 14.4. The molecule has 164 valence electrons. The second-order valence-electron chi connectivity index (χ2n) is 8.24. The van der Waals surface area contributed by atoms with Gasteiger partial charge in [0.1, 0.15) is 16.2 Å². The lowest BCUT2D eigenvalue weighted by Gasteiger charge is -2.20. The number of amides is 1. The highest BCUT2D eigenvalue weighted by Gasteiger charge is 2.26. The van der Waals surface area contributed by atoms with Crippen molar-refractivity contribution in [3.05, 3.63) is 56.0 Å². The molecular weight excluding hydrogens is 438 g/mol. The van der Waals surface area contributed by atoms with Crippen molar-refractivity contribution in [2.24, 2.45) is 14.1 Å². The van der Waals surface area contributed by atoms with E-state index in [1.54, 1.807) is 38.2 Å². The van der Waals surface area contributed by atoms with Crippen molar-refractivity contribution < 1.29 is 4.79 Å². The molecule has 1 amide bonds. The Hall–Kier alpha value is -2.65. The highest BCUT2D eigenvalue weighted by Crippen LogP contribution is 2.30. The fourth-order valence-electron chi connectivity index (χ4n) is 2.87. The molecule has 0 radical (unpaired) electrons. The molecule has 1 atom stereocenters. The van der Waals surface area contributed by atoms with Gasteiger partial charge in [0.25, 0.3) is 5.56 Å². The van der Waals surface area contributed by atoms with Gasteiger partial charge in [0.2, 0.25) is 5.91 Å². The number of nitrogens with one attached hydrogen (secondary N) is 1. The lowest BCUT2D eigenvalue weighted by molar-refractivity contribution is -0.115. The number of fused-ring (bicyclic) bond motifs is 1. The number of carbonyl (C=O) groups is 1. The number of anilines is 1. The van der Waals surface area contributed by atoms with E-state index >= 15 is 0 Å². The molecule has 1 N–H and O–H groups in total. The van der Waals surface area contributed by atoms with Crippen molar-refractivity contribution in [3.8, 4) is 0 Å². The quantitative estimate of drug-likeness (QED) is 0.473. The minimum Gasteiger partial charge on any atom is -0.324 e. The van der Waals surface area contributed by atoms with E-state index < -0.39 is 21.9 Å². The largest absolute Gasteiger partial charge is 0.332 e. The van der Waals surface area contributed by atoms with Gasteiger partial charge in [0, 0.05) is 19.5 Å². The van der Waals surface area contributed by atoms with Gasteiger partial charge in [0.05, 0.1) is 16.0 Å². The molecule has 0 spiro atoms. The van der Waals surface area contributed by atoms with Gasteiger partial charge in [-0.1, -0.05) is 56.3 Å². The van der Waals surface area contributed by atoms with Crippen LogP contribution in [-0.2, 0) is 24.3 Å². The topological polar surface area (TPSA) is 98.9 Å². The zero-order chi connectivity index (χ0) is 23.1. The van der Waals surface area contributed by atoms with E-state index in [0.29, 0.717) is 21.6 Å². The number of aryl methyl sites for hydroxylation is 1. The van der Waals surface area contributed by atoms with E-state index in [9.17, 15) is 14.4 Å². The summed E-state index contributed by atoms with van der Waals surface area (Å²) in [5.74, 6) is 0.188. The first-order valence-corrected chi connectivity index (χ1v) is 10.9. The predicted molar refractivity (Wildman–Crippen MR) is 124 cm³/mol. The highest BCUT2D eigenvalue weighted by atomic mass is 35.5. The van der Waals surface area contributed by atoms with E-state index in [0.717, 1.165) is 16.3 Å². The molecule has 0 saturated heterocycles. The minimum absolute atomic E-state index is 0.208. The lowest BCUT2D eigenvalue weighted by Crippen LogP contribution is -2.38. The molecule has 3 aromatic rings. The molecule has 2 heterocycles. The maximum absolute atomic E-state index is 12.9. The van der Waals surface area contributed by atoms with Gasteiger partial charge in [-0.3, -0.25) is 18.7 Å². The van der Waals surface area contributed by atoms with Crippen molar-refractivity contribution in [2.45, 2.75) is 43.4 Å². The van der Waals surface area contributed by atoms with Crippen LogP contribution in [0.5, 0.6) is 0 Å². The third-order valence-electron chi connectivity index (χ3n) is 4.73. The van der Waals surface area contributed by atoms with Crippen LogP contribution in [0.3, 0.4) is 0 Å². The molecule has 3 rings (SSSR count). The van der Waals surface area contributed by atoms with Crippen molar-refractivity contribution >= 4 is 46.0 Å². The lowest BCUT2D eigenvalue weighted by atomic mass is 9.96. The summed E-state index contributed by atoms with van der Waals surface area (Å²) >= 11 is 7.27. The maximum atomic E-state index is 12.9. The molecule has 1 unspecified atom stereocenters. The van der Waals surface area contributed by atoms with Gasteiger partial charge in [-0.15, -0.1) is 0 Å². The molecule has 0 aliphatic carbocycles. The third-order valence-corrected chi connectivity index (χ3v) is 6.14. The molecule has 0 fully saturated rings. The van der Waals surface area contributed by atoms with E-state index in [1.807, 2.05) is 20.8 Å². The number of thioether (sulfide) groups is 1. The summed E-state index contributed by atoms with van der Waals surface area (Å²) in [6.07, 6.45) is 0. The molecule has 2 aromatic heterocycles. The van der Waals surface area contributed by atoms with Crippen LogP contribution < -0.4 is 16.6 Å². The summed E-state index contributed by atoms with van der Waals surface area (Å²) in [5, 5.41) is 3.20. The SMILES string of the molecule is CC(Sc1nc(C(C)(C)C)nc2c1c(=O)n(C)c(=O)n2C)C(=O)Nc1ccccc1Cl. The van der Waals surface area contributed by atoms with Crippen LogP contribution in [0.25, 0.3) is 11.0 Å². The second kappa shape index (κ2) is 8.47. The fourth-order valence-corrected chi connectivity index (χ4v) is 3.99. The van der Waals surface area contributed by atoms with Crippen LogP contribution in [0.2, 0.25) is 5.02 Å². The van der Waals surface area contributed by atoms with Gasteiger partial charge in [-0.2, -0.15) is 0 Å². The summed E-state index contributed by atoms with van der Waals surface area (Å²) in [5.41, 5.74) is -0.655. The Morgan fingerprint density at radius 3 is 2.39 bits per heavy atom. The summed E-state index contributed by atoms with van der Waals surface area (Å²) in [7, 11) is 2.97. The van der Waals surface area contributed by atoms with Crippen LogP contribution in [0.1, 0.15) is 33.5 Å². The first kappa shape index (κ1) is 23.0. The summed E-state index contributed by atoms with van der Waals surface area (Å²) in [4.78, 5) is 47.2. The summed E-state index contributed by atoms with van der Waals surface area (Å²) < 4.78 is 2.34. The molecule has 31 heavy (non-hydrogen) atoms. The number of rotatable bonds is 4. The summed E-state index contributed by atoms with van der Waals surface area (Å²) in [6.45, 7) is 7.54. The molecule has 1 aromatic carbocycles. The van der Waals surface area contributed by atoms with Gasteiger partial charge in [-0.25, -0.2) is 14.8 Å². The highest BCUT2D eigenvalue weighted by molar-refractivity contribution is 8.00. The van der Waals surface area contributed by atoms with Gasteiger partial charge in [-0.05, 0) is 19.1 Å². The molecule has 10 heteroatoms. The number of carbonyl (C=O) groups excluding carboxylic acids is 1. The van der Waals surface area contributed by atoms with Gasteiger partial charge >= 0.3 is 5.69 Å². The van der Waals surface area contributed by atoms with Crippen molar-refractivity contribution in [1.82, 2.24) is 19.1 Å². The van der Waals surface area contributed by atoms with Gasteiger partial charge < -0.3 is 5.32 Å². The standard InChI is InChI=1S/C21H24ClN5O3S/c1-11(16(28)23-13-10-8-7-9-12(13)22)31-17-14-15(24-19(25-17)21(2,3)4)26(5)20(30)27(6)18(14)29/h7-11H,1-6H3,(H,23,28). The number of hydrogen-bond donors (Lipinski definition) is 1. The Morgan fingerprint density at radius 2 is 1.77 bits per heavy atom. The number of benzene rings is 1. The zero-order valence-electron chi connectivity index (χ0n) is 18.2. The minimum atomic E-state index is -0.593. The van der Waals surface area contributed by atoms with Crippen LogP contribution in [0, 0.1) is 0 Å². The normalized spacial score (nSPS) is 12.7. The van der Waals surface area contributed by atoms with E-state index in [2.05, 4.69) is 15.3 Å². The number of aromatic nitrogens is 4. The Labute approximate surface area is 188 Å². The zero-order valence-corrected chi connectivity index (χ0v) is 19.8. The van der Waals surface area contributed by atoms with Crippen molar-refractivity contribution in [1.29, 1.82) is 0 Å². The Morgan fingerprint density at radius 1 is 1.13 bits per heavy atom. The number of para-hydroxylation sites is 1. The van der Waals surface area contributed by atoms with Crippen LogP contribution in [0.15, 0.2) is 38.9 Å². The van der Waals surface area contributed by atoms with Crippen LogP contribution in [-0.4, -0.2) is 30.3 Å². The molecule has 0 bridgehead atoms. The van der Waals surface area contributed by atoms with E-state index in [-0.39, 0.29) is 16.9 Å². The molecule has 0 saturated carbocycles. The number of nitrogens with zero attached hydrogens (tertiary/aromatic N) is 4. The average molecular weight is 462 g/mol. The van der Waals surface area contributed by atoms with Crippen LogP contribution >= 0.6 is 23.4 Å². The summed E-state index contributed by atoms with van der Waals surface area (Å²) in [6, 6.07) is 6.95. The van der Waals surface area contributed by atoms with Crippen molar-refractivity contribution in [2.75, 3.05) is 5.32 Å². The fraction of sp³-hybridized carbons (Fsp3) is 0.381. The Kier molecular flexibility index (Phi) is 6.29. The smallest absolute Gasteiger partial charge is 0.324 e. The van der Waals surface area contributed by atoms with E-state index in [1.165, 1.54) is 11.6 Å². The maximum Gasteiger partial charge on any atom is 0.332 e. The molecule has 0 aliphatic heterocycles. The first-order valence-electron chi connectivity index (χ1n) is 9.62. The van der Waals surface area contributed by atoms with Crippen LogP contribution in [0.4, 0.5) is 5.69 Å². The Balaban J connectivity index is 2.10. The third kappa shape index (κ3) is 4.52. The second-order valence-corrected chi connectivity index (χ2v) is 9.97. The average Bonchev–Trinajstić information content (AvgIpc) is 2.71. The van der Waals surface area contributed by atoms with E-state index in [4.69, 9.17) is 11.6 Å². The van der Waals surface area contributed by atoms with Gasteiger partial charge in [0.15, 0.2) is 5.65 Å². The number of hydrogen-bond acceptors (Lipinski definition) is 6. The predicted octanol–water partition coefficient (Wildman–Crippen LogP) is 3.10. The Bertz CT molecular complexity index is 1290.